The molecule has 1 aliphatic heterocycles. The number of aryl methyl sites for hydroxylation is 1. The standard InChI is InChI=1S/C24H18FN3O5/c1-12-7-9-18(33-12)20-19(21(29)14-11-13(25)8-10-17(14)32-2)22(30)23(31)28(20)24-26-15-5-3-4-6-16(15)27-24/h3-11,20,29H,1-2H3,(H,26,27)/b21-19+. The Balaban J connectivity index is 1.75. The van der Waals surface area contributed by atoms with Gasteiger partial charge in [-0.25, -0.2) is 9.37 Å². The molecule has 4 aromatic rings. The van der Waals surface area contributed by atoms with E-state index in [1.807, 2.05) is 6.07 Å². The van der Waals surface area contributed by atoms with E-state index in [4.69, 9.17) is 9.15 Å². The first-order valence-corrected chi connectivity index (χ1v) is 10.0. The Bertz CT molecular complexity index is 1420. The van der Waals surface area contributed by atoms with Crippen LogP contribution in [0.2, 0.25) is 0 Å². The molecule has 1 fully saturated rings. The van der Waals surface area contributed by atoms with Crippen LogP contribution in [-0.2, 0) is 9.59 Å². The van der Waals surface area contributed by atoms with E-state index in [0.717, 1.165) is 17.0 Å². The molecule has 166 valence electrons. The van der Waals surface area contributed by atoms with Gasteiger partial charge in [-0.1, -0.05) is 12.1 Å². The molecule has 2 aromatic heterocycles. The number of carbonyl (C=O) groups is 2. The number of Topliss-reactive ketones (excluding diaryl/α,β-unsaturated/α-hetero) is 1. The van der Waals surface area contributed by atoms with Crippen molar-refractivity contribution in [3.05, 3.63) is 83.1 Å². The number of nitrogens with one attached hydrogen (secondary N) is 1. The highest BCUT2D eigenvalue weighted by molar-refractivity contribution is 6.51. The zero-order valence-electron chi connectivity index (χ0n) is 17.6. The number of amides is 1. The first-order valence-electron chi connectivity index (χ1n) is 10.0. The lowest BCUT2D eigenvalue weighted by molar-refractivity contribution is -0.132. The fraction of sp³-hybridized carbons (Fsp3) is 0.125. The highest BCUT2D eigenvalue weighted by Gasteiger charge is 2.49. The summed E-state index contributed by atoms with van der Waals surface area (Å²) >= 11 is 0. The van der Waals surface area contributed by atoms with Crippen LogP contribution < -0.4 is 9.64 Å². The zero-order chi connectivity index (χ0) is 23.3. The summed E-state index contributed by atoms with van der Waals surface area (Å²) in [5.41, 5.74) is 0.929. The summed E-state index contributed by atoms with van der Waals surface area (Å²) in [6, 6.07) is 12.8. The second-order valence-corrected chi connectivity index (χ2v) is 7.54. The van der Waals surface area contributed by atoms with Gasteiger partial charge in [0.05, 0.1) is 29.3 Å². The van der Waals surface area contributed by atoms with Crippen molar-refractivity contribution in [2.45, 2.75) is 13.0 Å². The predicted octanol–water partition coefficient (Wildman–Crippen LogP) is 4.24. The SMILES string of the molecule is COc1ccc(F)cc1/C(O)=C1\C(=O)C(=O)N(c2nc3ccccc3[nH]2)C1c1ccc(C)o1. The van der Waals surface area contributed by atoms with Crippen LogP contribution in [0.1, 0.15) is 23.1 Å². The maximum atomic E-state index is 14.0. The Morgan fingerprint density at radius 3 is 2.67 bits per heavy atom. The number of halogens is 1. The Labute approximate surface area is 186 Å². The summed E-state index contributed by atoms with van der Waals surface area (Å²) < 4.78 is 25.0. The first kappa shape index (κ1) is 20.5. The van der Waals surface area contributed by atoms with Crippen molar-refractivity contribution in [2.24, 2.45) is 0 Å². The Hall–Kier alpha value is -4.40. The third-order valence-electron chi connectivity index (χ3n) is 5.50. The maximum absolute atomic E-state index is 14.0. The number of furan rings is 1. The van der Waals surface area contributed by atoms with E-state index in [1.165, 1.54) is 13.2 Å². The summed E-state index contributed by atoms with van der Waals surface area (Å²) in [6.45, 7) is 1.71. The van der Waals surface area contributed by atoms with Gasteiger partial charge in [0.2, 0.25) is 5.95 Å². The summed E-state index contributed by atoms with van der Waals surface area (Å²) in [5.74, 6) is -2.06. The van der Waals surface area contributed by atoms with Crippen molar-refractivity contribution < 1.29 is 28.2 Å². The molecular weight excluding hydrogens is 429 g/mol. The number of fused-ring (bicyclic) bond motifs is 1. The normalized spacial score (nSPS) is 17.8. The van der Waals surface area contributed by atoms with Crippen molar-refractivity contribution in [3.8, 4) is 5.75 Å². The van der Waals surface area contributed by atoms with Crippen LogP contribution in [0, 0.1) is 12.7 Å². The fourth-order valence-corrected chi connectivity index (χ4v) is 3.98. The molecule has 5 rings (SSSR count). The fourth-order valence-electron chi connectivity index (χ4n) is 3.98. The molecule has 9 heteroatoms. The number of ether oxygens (including phenoxy) is 1. The smallest absolute Gasteiger partial charge is 0.302 e. The lowest BCUT2D eigenvalue weighted by Gasteiger charge is -2.21. The van der Waals surface area contributed by atoms with Crippen LogP contribution in [0.25, 0.3) is 16.8 Å². The van der Waals surface area contributed by atoms with Crippen molar-refractivity contribution in [1.29, 1.82) is 0 Å². The van der Waals surface area contributed by atoms with Crippen molar-refractivity contribution in [3.63, 3.8) is 0 Å². The minimum atomic E-state index is -1.13. The molecule has 1 aliphatic rings. The third kappa shape index (κ3) is 3.25. The Morgan fingerprint density at radius 2 is 1.97 bits per heavy atom. The van der Waals surface area contributed by atoms with E-state index in [2.05, 4.69) is 9.97 Å². The second-order valence-electron chi connectivity index (χ2n) is 7.54. The molecule has 0 aliphatic carbocycles. The van der Waals surface area contributed by atoms with Gasteiger partial charge in [-0.05, 0) is 49.4 Å². The molecule has 2 aromatic carbocycles. The largest absolute Gasteiger partial charge is 0.507 e. The van der Waals surface area contributed by atoms with Crippen LogP contribution in [0.4, 0.5) is 10.3 Å². The summed E-state index contributed by atoms with van der Waals surface area (Å²) in [4.78, 5) is 34.9. The maximum Gasteiger partial charge on any atom is 0.302 e. The minimum absolute atomic E-state index is 0.0617. The molecule has 0 bridgehead atoms. The number of aliphatic hydroxyl groups excluding tert-OH is 1. The quantitative estimate of drug-likeness (QED) is 0.275. The van der Waals surface area contributed by atoms with Gasteiger partial charge < -0.3 is 19.2 Å². The zero-order valence-corrected chi connectivity index (χ0v) is 17.6. The molecule has 1 saturated heterocycles. The van der Waals surface area contributed by atoms with Crippen LogP contribution >= 0.6 is 0 Å². The van der Waals surface area contributed by atoms with Crippen molar-refractivity contribution in [2.75, 3.05) is 12.0 Å². The third-order valence-corrected chi connectivity index (χ3v) is 5.50. The molecular formula is C24H18FN3O5. The summed E-state index contributed by atoms with van der Waals surface area (Å²) in [6.07, 6.45) is 0. The van der Waals surface area contributed by atoms with Crippen molar-refractivity contribution >= 4 is 34.4 Å². The number of para-hydroxylation sites is 2. The van der Waals surface area contributed by atoms with Gasteiger partial charge >= 0.3 is 5.91 Å². The van der Waals surface area contributed by atoms with Gasteiger partial charge in [-0.15, -0.1) is 0 Å². The lowest BCUT2D eigenvalue weighted by atomic mass is 9.99. The van der Waals surface area contributed by atoms with E-state index >= 15 is 0 Å². The monoisotopic (exact) mass is 447 g/mol. The Morgan fingerprint density at radius 1 is 1.18 bits per heavy atom. The number of anilines is 1. The van der Waals surface area contributed by atoms with E-state index in [9.17, 15) is 19.1 Å². The van der Waals surface area contributed by atoms with Gasteiger partial charge in [0.25, 0.3) is 5.78 Å². The van der Waals surface area contributed by atoms with E-state index in [-0.39, 0.29) is 28.6 Å². The predicted molar refractivity (Wildman–Crippen MR) is 117 cm³/mol. The first-order chi connectivity index (χ1) is 15.9. The van der Waals surface area contributed by atoms with Crippen LogP contribution in [-0.4, -0.2) is 33.9 Å². The van der Waals surface area contributed by atoms with Gasteiger partial charge in [0, 0.05) is 0 Å². The minimum Gasteiger partial charge on any atom is -0.507 e. The number of aliphatic hydroxyl groups is 1. The number of rotatable bonds is 4. The molecule has 8 nitrogen and oxygen atoms in total. The summed E-state index contributed by atoms with van der Waals surface area (Å²) in [7, 11) is 1.35. The number of methoxy groups -OCH3 is 1. The number of aromatic nitrogens is 2. The molecule has 0 radical (unpaired) electrons. The number of aromatic amines is 1. The van der Waals surface area contributed by atoms with E-state index in [1.54, 1.807) is 37.3 Å². The number of hydrogen-bond donors (Lipinski definition) is 2. The number of benzene rings is 2. The number of nitrogens with zero attached hydrogens (tertiary/aromatic N) is 2. The number of carbonyl (C=O) groups excluding carboxylic acids is 2. The van der Waals surface area contributed by atoms with Gasteiger partial charge in [0.15, 0.2) is 0 Å². The average Bonchev–Trinajstić information content (AvgIpc) is 3.49. The van der Waals surface area contributed by atoms with Crippen LogP contribution in [0.15, 0.2) is 64.6 Å². The average molecular weight is 447 g/mol. The molecule has 33 heavy (non-hydrogen) atoms. The molecule has 1 atom stereocenters. The number of imidazole rings is 1. The van der Waals surface area contributed by atoms with Crippen LogP contribution in [0.3, 0.4) is 0 Å². The van der Waals surface area contributed by atoms with Gasteiger partial charge in [0.1, 0.15) is 34.9 Å². The van der Waals surface area contributed by atoms with Gasteiger partial charge in [-0.2, -0.15) is 0 Å². The molecule has 0 spiro atoms. The molecule has 3 heterocycles. The highest BCUT2D eigenvalue weighted by Crippen LogP contribution is 2.43. The lowest BCUT2D eigenvalue weighted by Crippen LogP contribution is -2.30. The van der Waals surface area contributed by atoms with E-state index < -0.39 is 29.3 Å². The second kappa shape index (κ2) is 7.63. The molecule has 1 amide bonds. The topological polar surface area (TPSA) is 109 Å². The highest BCUT2D eigenvalue weighted by atomic mass is 19.1. The van der Waals surface area contributed by atoms with E-state index in [0.29, 0.717) is 16.8 Å². The number of hydrogen-bond acceptors (Lipinski definition) is 6. The number of H-pyrrole nitrogens is 1. The van der Waals surface area contributed by atoms with Crippen molar-refractivity contribution in [1.82, 2.24) is 9.97 Å². The molecule has 2 N–H and O–H groups in total. The summed E-state index contributed by atoms with van der Waals surface area (Å²) in [5, 5.41) is 11.1. The number of ketones is 1. The molecule has 0 saturated carbocycles. The Kier molecular flexibility index (Phi) is 4.74. The van der Waals surface area contributed by atoms with Gasteiger partial charge in [-0.3, -0.25) is 14.5 Å². The van der Waals surface area contributed by atoms with Crippen LogP contribution in [0.5, 0.6) is 5.75 Å². The molecule has 1 unspecified atom stereocenters.